The van der Waals surface area contributed by atoms with Gasteiger partial charge in [-0.05, 0) is 25.3 Å². The number of anilines is 1. The summed E-state index contributed by atoms with van der Waals surface area (Å²) in [6.07, 6.45) is 0. The number of hydrogen-bond acceptors (Lipinski definition) is 7. The quantitative estimate of drug-likeness (QED) is 0.739. The van der Waals surface area contributed by atoms with Crippen molar-refractivity contribution >= 4 is 40.3 Å². The zero-order chi connectivity index (χ0) is 18.0. The maximum Gasteiger partial charge on any atom is 0.266 e. The van der Waals surface area contributed by atoms with E-state index in [1.807, 2.05) is 17.5 Å². The van der Waals surface area contributed by atoms with Crippen LogP contribution in [-0.4, -0.2) is 40.4 Å². The molecule has 0 saturated carbocycles. The largest absolute Gasteiger partial charge is 0.360 e. The third kappa shape index (κ3) is 3.94. The van der Waals surface area contributed by atoms with Gasteiger partial charge in [0.2, 0.25) is 5.91 Å². The molecule has 130 valence electrons. The molecule has 0 unspecified atom stereocenters. The minimum absolute atomic E-state index is 0.0869. The highest BCUT2D eigenvalue weighted by atomic mass is 32.1. The van der Waals surface area contributed by atoms with E-state index in [9.17, 15) is 9.59 Å². The van der Waals surface area contributed by atoms with Crippen molar-refractivity contribution in [3.8, 4) is 9.88 Å². The zero-order valence-electron chi connectivity index (χ0n) is 13.9. The molecule has 0 aromatic carbocycles. The molecule has 0 aliphatic rings. The summed E-state index contributed by atoms with van der Waals surface area (Å²) in [6, 6.07) is 5.52. The number of nitrogens with zero attached hydrogens (tertiary/aromatic N) is 3. The number of thiophene rings is 1. The molecule has 0 radical (unpaired) electrons. The number of rotatable bonds is 5. The maximum absolute atomic E-state index is 12.6. The van der Waals surface area contributed by atoms with E-state index >= 15 is 0 Å². The molecule has 3 aromatic heterocycles. The summed E-state index contributed by atoms with van der Waals surface area (Å²) in [5, 5.41) is 9.07. The summed E-state index contributed by atoms with van der Waals surface area (Å²) in [5.74, 6) is 0.354. The average molecular weight is 376 g/mol. The molecular formula is C16H16N4O3S2. The molecule has 0 aliphatic heterocycles. The van der Waals surface area contributed by atoms with Gasteiger partial charge < -0.3 is 14.7 Å². The van der Waals surface area contributed by atoms with Crippen LogP contribution in [0.3, 0.4) is 0 Å². The first-order valence-electron chi connectivity index (χ1n) is 7.44. The molecule has 0 spiro atoms. The van der Waals surface area contributed by atoms with E-state index in [4.69, 9.17) is 4.52 Å². The van der Waals surface area contributed by atoms with Gasteiger partial charge in [0.25, 0.3) is 5.91 Å². The molecule has 9 heteroatoms. The topological polar surface area (TPSA) is 88.3 Å². The van der Waals surface area contributed by atoms with Crippen molar-refractivity contribution in [1.82, 2.24) is 15.0 Å². The molecule has 1 N–H and O–H groups in total. The van der Waals surface area contributed by atoms with Crippen LogP contribution < -0.4 is 5.32 Å². The Morgan fingerprint density at radius 3 is 2.80 bits per heavy atom. The van der Waals surface area contributed by atoms with Crippen LogP contribution in [0.15, 0.2) is 28.1 Å². The number of thiazole rings is 1. The number of carbonyl (C=O) groups is 2. The highest BCUT2D eigenvalue weighted by Gasteiger charge is 2.21. The van der Waals surface area contributed by atoms with Gasteiger partial charge in [-0.15, -0.1) is 22.7 Å². The van der Waals surface area contributed by atoms with E-state index < -0.39 is 0 Å². The molecule has 0 aliphatic carbocycles. The number of likely N-dealkylation sites (N-methyl/N-ethyl adjacent to an activating group) is 1. The van der Waals surface area contributed by atoms with Crippen molar-refractivity contribution in [2.45, 2.75) is 13.8 Å². The van der Waals surface area contributed by atoms with Crippen molar-refractivity contribution in [2.75, 3.05) is 18.9 Å². The van der Waals surface area contributed by atoms with Crippen LogP contribution in [0.25, 0.3) is 9.88 Å². The fraction of sp³-hybridized carbons (Fsp3) is 0.250. The minimum Gasteiger partial charge on any atom is -0.360 e. The molecule has 25 heavy (non-hydrogen) atoms. The molecule has 2 amide bonds. The first kappa shape index (κ1) is 17.3. The Labute approximate surface area is 152 Å². The van der Waals surface area contributed by atoms with Crippen molar-refractivity contribution in [2.24, 2.45) is 0 Å². The molecule has 3 aromatic rings. The van der Waals surface area contributed by atoms with E-state index in [1.165, 1.54) is 16.2 Å². The number of nitrogens with one attached hydrogen (secondary N) is 1. The highest BCUT2D eigenvalue weighted by Crippen LogP contribution is 2.31. The van der Waals surface area contributed by atoms with Crippen LogP contribution in [0, 0.1) is 13.8 Å². The van der Waals surface area contributed by atoms with Crippen LogP contribution in [0.1, 0.15) is 21.1 Å². The smallest absolute Gasteiger partial charge is 0.266 e. The molecule has 0 fully saturated rings. The highest BCUT2D eigenvalue weighted by molar-refractivity contribution is 7.22. The predicted octanol–water partition coefficient (Wildman–Crippen LogP) is 3.19. The van der Waals surface area contributed by atoms with Crippen molar-refractivity contribution in [1.29, 1.82) is 0 Å². The van der Waals surface area contributed by atoms with Crippen LogP contribution in [0.2, 0.25) is 0 Å². The number of carbonyl (C=O) groups excluding carboxylic acids is 2. The third-order valence-electron chi connectivity index (χ3n) is 3.35. The minimum atomic E-state index is -0.343. The molecule has 0 atom stereocenters. The molecule has 0 bridgehead atoms. The number of aromatic nitrogens is 2. The van der Waals surface area contributed by atoms with Crippen LogP contribution in [0.4, 0.5) is 5.82 Å². The standard InChI is InChI=1S/C16H16N4O3S2/c1-9-7-12(19-23-9)18-13(21)8-20(3)16(22)14-10(2)17-15(25-14)11-5-4-6-24-11/h4-7H,8H2,1-3H3,(H,18,19,21). The van der Waals surface area contributed by atoms with Gasteiger partial charge in [-0.3, -0.25) is 9.59 Å². The molecule has 3 heterocycles. The Bertz CT molecular complexity index is 899. The van der Waals surface area contributed by atoms with E-state index in [0.29, 0.717) is 22.1 Å². The first-order chi connectivity index (χ1) is 11.9. The SMILES string of the molecule is Cc1cc(NC(=O)CN(C)C(=O)c2sc(-c3cccs3)nc2C)no1. The second-order valence-electron chi connectivity index (χ2n) is 5.44. The predicted molar refractivity (Wildman–Crippen MR) is 97.0 cm³/mol. The molecule has 0 saturated heterocycles. The zero-order valence-corrected chi connectivity index (χ0v) is 15.5. The summed E-state index contributed by atoms with van der Waals surface area (Å²) >= 11 is 2.91. The van der Waals surface area contributed by atoms with Crippen molar-refractivity contribution in [3.05, 3.63) is 39.9 Å². The summed E-state index contributed by atoms with van der Waals surface area (Å²) in [6.45, 7) is 3.44. The Balaban J connectivity index is 1.67. The van der Waals surface area contributed by atoms with E-state index in [2.05, 4.69) is 15.5 Å². The second kappa shape index (κ2) is 7.16. The van der Waals surface area contributed by atoms with Gasteiger partial charge in [0.05, 0.1) is 17.1 Å². The number of hydrogen-bond donors (Lipinski definition) is 1. The van der Waals surface area contributed by atoms with Gasteiger partial charge in [-0.25, -0.2) is 4.98 Å². The Hall–Kier alpha value is -2.52. The summed E-state index contributed by atoms with van der Waals surface area (Å²) in [4.78, 5) is 32.1. The normalized spacial score (nSPS) is 10.7. The van der Waals surface area contributed by atoms with Gasteiger partial charge >= 0.3 is 0 Å². The lowest BCUT2D eigenvalue weighted by molar-refractivity contribution is -0.116. The fourth-order valence-electron chi connectivity index (χ4n) is 2.17. The van der Waals surface area contributed by atoms with E-state index in [0.717, 1.165) is 9.88 Å². The van der Waals surface area contributed by atoms with Crippen molar-refractivity contribution < 1.29 is 14.1 Å². The van der Waals surface area contributed by atoms with E-state index in [-0.39, 0.29) is 18.4 Å². The van der Waals surface area contributed by atoms with Gasteiger partial charge in [-0.1, -0.05) is 11.2 Å². The maximum atomic E-state index is 12.6. The fourth-order valence-corrected chi connectivity index (χ4v) is 4.03. The number of aryl methyl sites for hydroxylation is 2. The summed E-state index contributed by atoms with van der Waals surface area (Å²) < 4.78 is 4.89. The Morgan fingerprint density at radius 2 is 2.16 bits per heavy atom. The molecule has 3 rings (SSSR count). The van der Waals surface area contributed by atoms with Gasteiger partial charge in [-0.2, -0.15) is 0 Å². The Kier molecular flexibility index (Phi) is 4.95. The van der Waals surface area contributed by atoms with Crippen molar-refractivity contribution in [3.63, 3.8) is 0 Å². The molecular weight excluding hydrogens is 360 g/mol. The van der Waals surface area contributed by atoms with E-state index in [1.54, 1.807) is 38.3 Å². The van der Waals surface area contributed by atoms with Crippen LogP contribution in [0.5, 0.6) is 0 Å². The lowest BCUT2D eigenvalue weighted by atomic mass is 10.3. The molecule has 7 nitrogen and oxygen atoms in total. The van der Waals surface area contributed by atoms with Gasteiger partial charge in [0.1, 0.15) is 15.6 Å². The Morgan fingerprint density at radius 1 is 1.36 bits per heavy atom. The lowest BCUT2D eigenvalue weighted by Crippen LogP contribution is -2.34. The van der Waals surface area contributed by atoms with Crippen LogP contribution in [-0.2, 0) is 4.79 Å². The second-order valence-corrected chi connectivity index (χ2v) is 7.39. The first-order valence-corrected chi connectivity index (χ1v) is 9.13. The van der Waals surface area contributed by atoms with Gasteiger partial charge in [0, 0.05) is 13.1 Å². The lowest BCUT2D eigenvalue weighted by Gasteiger charge is -2.15. The summed E-state index contributed by atoms with van der Waals surface area (Å²) in [7, 11) is 1.58. The summed E-state index contributed by atoms with van der Waals surface area (Å²) in [5.41, 5.74) is 0.665. The third-order valence-corrected chi connectivity index (χ3v) is 5.53. The average Bonchev–Trinajstić information content (AvgIpc) is 3.27. The van der Waals surface area contributed by atoms with Crippen LogP contribution >= 0.6 is 22.7 Å². The number of amides is 2. The van der Waals surface area contributed by atoms with Gasteiger partial charge in [0.15, 0.2) is 5.82 Å². The monoisotopic (exact) mass is 376 g/mol.